The molecule has 0 aromatic carbocycles. The maximum atomic E-state index is 12.2. The number of carbonyl (C=O) groups excluding carboxylic acids is 1. The van der Waals surface area contributed by atoms with E-state index in [0.29, 0.717) is 10.2 Å². The summed E-state index contributed by atoms with van der Waals surface area (Å²) in [5.41, 5.74) is 1.60. The predicted octanol–water partition coefficient (Wildman–Crippen LogP) is 0.869. The Labute approximate surface area is 152 Å². The molecule has 0 radical (unpaired) electrons. The van der Waals surface area contributed by atoms with Gasteiger partial charge in [0.1, 0.15) is 10.0 Å². The molecule has 25 heavy (non-hydrogen) atoms. The topological polar surface area (TPSA) is 110 Å². The van der Waals surface area contributed by atoms with Crippen LogP contribution in [0.15, 0.2) is 9.82 Å². The Morgan fingerprint density at radius 2 is 2.24 bits per heavy atom. The third-order valence-electron chi connectivity index (χ3n) is 3.88. The third kappa shape index (κ3) is 4.07. The number of aliphatic hydroxyl groups is 1. The highest BCUT2D eigenvalue weighted by Gasteiger charge is 2.22. The number of fused-ring (bicyclic) bond motifs is 1. The Balaban J connectivity index is 1.69. The van der Waals surface area contributed by atoms with E-state index in [1.807, 2.05) is 6.92 Å². The number of aliphatic hydroxyl groups excluding tert-OH is 1. The van der Waals surface area contributed by atoms with Crippen LogP contribution >= 0.6 is 23.1 Å². The van der Waals surface area contributed by atoms with Crippen molar-refractivity contribution in [1.82, 2.24) is 19.7 Å². The van der Waals surface area contributed by atoms with Gasteiger partial charge in [-0.05, 0) is 25.7 Å². The maximum Gasteiger partial charge on any atom is 0.348 e. The molecule has 0 fully saturated rings. The highest BCUT2D eigenvalue weighted by molar-refractivity contribution is 8.00. The highest BCUT2D eigenvalue weighted by Crippen LogP contribution is 2.29. The van der Waals surface area contributed by atoms with Gasteiger partial charge in [-0.25, -0.2) is 4.79 Å². The maximum absolute atomic E-state index is 12.2. The van der Waals surface area contributed by atoms with Crippen molar-refractivity contribution in [3.8, 4) is 0 Å². The molecule has 0 bridgehead atoms. The molecule has 2 N–H and O–H groups in total. The summed E-state index contributed by atoms with van der Waals surface area (Å²) in [6, 6.07) is 0. The lowest BCUT2D eigenvalue weighted by atomic mass is 10.2. The van der Waals surface area contributed by atoms with Crippen molar-refractivity contribution in [2.45, 2.75) is 44.2 Å². The summed E-state index contributed by atoms with van der Waals surface area (Å²) in [6.07, 6.45) is 3.38. The molecule has 0 aliphatic heterocycles. The lowest BCUT2D eigenvalue weighted by Gasteiger charge is -2.12. The molecule has 1 aliphatic carbocycles. The predicted molar refractivity (Wildman–Crippen MR) is 96.2 cm³/mol. The van der Waals surface area contributed by atoms with Crippen molar-refractivity contribution < 1.29 is 9.90 Å². The fourth-order valence-corrected chi connectivity index (χ4v) is 4.34. The summed E-state index contributed by atoms with van der Waals surface area (Å²) in [4.78, 5) is 28.4. The minimum atomic E-state index is -0.366. The van der Waals surface area contributed by atoms with Gasteiger partial charge in [0.15, 0.2) is 0 Å². The van der Waals surface area contributed by atoms with Gasteiger partial charge in [0, 0.05) is 11.3 Å². The Morgan fingerprint density at radius 1 is 1.40 bits per heavy atom. The SMILES string of the molecule is CCc1nnc(NC(=O)CSc2nc(=O)n(CCO)c3c2CCC3)s1. The number of aromatic nitrogens is 4. The molecular formula is C15H19N5O3S2. The van der Waals surface area contributed by atoms with E-state index < -0.39 is 0 Å². The van der Waals surface area contributed by atoms with Crippen LogP contribution in [-0.2, 0) is 30.6 Å². The van der Waals surface area contributed by atoms with Gasteiger partial charge >= 0.3 is 5.69 Å². The minimum absolute atomic E-state index is 0.0927. The highest BCUT2D eigenvalue weighted by atomic mass is 32.2. The molecule has 2 heterocycles. The first-order valence-electron chi connectivity index (χ1n) is 8.10. The van der Waals surface area contributed by atoms with Crippen LogP contribution in [0.3, 0.4) is 0 Å². The normalized spacial score (nSPS) is 13.0. The summed E-state index contributed by atoms with van der Waals surface area (Å²) in [6.45, 7) is 2.15. The molecule has 0 saturated heterocycles. The molecule has 3 rings (SSSR count). The van der Waals surface area contributed by atoms with Crippen LogP contribution in [0.5, 0.6) is 0 Å². The second-order valence-corrected chi connectivity index (χ2v) is 7.57. The third-order valence-corrected chi connectivity index (χ3v) is 5.88. The summed E-state index contributed by atoms with van der Waals surface area (Å²) >= 11 is 2.62. The summed E-state index contributed by atoms with van der Waals surface area (Å²) < 4.78 is 1.54. The average molecular weight is 381 g/mol. The Morgan fingerprint density at radius 3 is 2.96 bits per heavy atom. The first-order chi connectivity index (χ1) is 12.1. The summed E-state index contributed by atoms with van der Waals surface area (Å²) in [5.74, 6) is -0.0406. The molecule has 1 aliphatic rings. The van der Waals surface area contributed by atoms with Crippen molar-refractivity contribution >= 4 is 34.1 Å². The van der Waals surface area contributed by atoms with Crippen LogP contribution < -0.4 is 11.0 Å². The molecule has 134 valence electrons. The van der Waals surface area contributed by atoms with Gasteiger partial charge in [-0.1, -0.05) is 30.0 Å². The zero-order chi connectivity index (χ0) is 17.8. The van der Waals surface area contributed by atoms with Gasteiger partial charge in [0.05, 0.1) is 18.9 Å². The lowest BCUT2D eigenvalue weighted by molar-refractivity contribution is -0.113. The summed E-state index contributed by atoms with van der Waals surface area (Å²) in [5, 5.41) is 21.7. The molecule has 1 amide bonds. The molecule has 10 heteroatoms. The smallest absolute Gasteiger partial charge is 0.348 e. The van der Waals surface area contributed by atoms with E-state index in [9.17, 15) is 9.59 Å². The number of nitrogens with zero attached hydrogens (tertiary/aromatic N) is 4. The second-order valence-electron chi connectivity index (χ2n) is 5.54. The number of aryl methyl sites for hydroxylation is 1. The number of hydrogen-bond donors (Lipinski definition) is 2. The van der Waals surface area contributed by atoms with Crippen molar-refractivity contribution in [1.29, 1.82) is 0 Å². The number of amides is 1. The van der Waals surface area contributed by atoms with Gasteiger partial charge in [-0.3, -0.25) is 14.7 Å². The van der Waals surface area contributed by atoms with Gasteiger partial charge in [-0.15, -0.1) is 10.2 Å². The fraction of sp³-hybridized carbons (Fsp3) is 0.533. The number of rotatable bonds is 7. The first-order valence-corrected chi connectivity index (χ1v) is 9.91. The van der Waals surface area contributed by atoms with E-state index in [1.54, 1.807) is 4.57 Å². The van der Waals surface area contributed by atoms with Crippen molar-refractivity contribution in [3.05, 3.63) is 26.7 Å². The Hall–Kier alpha value is -1.78. The monoisotopic (exact) mass is 381 g/mol. The molecule has 2 aromatic heterocycles. The minimum Gasteiger partial charge on any atom is -0.395 e. The largest absolute Gasteiger partial charge is 0.395 e. The average Bonchev–Trinajstić information content (AvgIpc) is 3.25. The molecule has 0 spiro atoms. The van der Waals surface area contributed by atoms with Crippen molar-refractivity contribution in [2.24, 2.45) is 0 Å². The van der Waals surface area contributed by atoms with E-state index in [2.05, 4.69) is 20.5 Å². The number of anilines is 1. The number of nitrogens with one attached hydrogen (secondary N) is 1. The van der Waals surface area contributed by atoms with E-state index in [4.69, 9.17) is 5.11 Å². The zero-order valence-electron chi connectivity index (χ0n) is 13.8. The molecule has 0 saturated carbocycles. The van der Waals surface area contributed by atoms with Crippen molar-refractivity contribution in [3.63, 3.8) is 0 Å². The van der Waals surface area contributed by atoms with E-state index in [-0.39, 0.29) is 30.5 Å². The van der Waals surface area contributed by atoms with Crippen LogP contribution in [0.4, 0.5) is 5.13 Å². The van der Waals surface area contributed by atoms with Gasteiger partial charge < -0.3 is 5.11 Å². The number of carbonyl (C=O) groups is 1. The van der Waals surface area contributed by atoms with Crippen LogP contribution in [-0.4, -0.2) is 43.1 Å². The standard InChI is InChI=1S/C15H19N5O3S2/c1-2-12-18-19-14(25-12)16-11(22)8-24-13-9-4-3-5-10(9)20(6-7-21)15(23)17-13/h21H,2-8H2,1H3,(H,16,19,22). The van der Waals surface area contributed by atoms with Gasteiger partial charge in [0.2, 0.25) is 11.0 Å². The number of thioether (sulfide) groups is 1. The molecule has 8 nitrogen and oxygen atoms in total. The first kappa shape index (κ1) is 18.0. The van der Waals surface area contributed by atoms with Crippen molar-refractivity contribution in [2.75, 3.05) is 17.7 Å². The molecular weight excluding hydrogens is 362 g/mol. The Bertz CT molecular complexity index is 833. The van der Waals surface area contributed by atoms with E-state index in [1.165, 1.54) is 23.1 Å². The zero-order valence-corrected chi connectivity index (χ0v) is 15.5. The van der Waals surface area contributed by atoms with Gasteiger partial charge in [0.25, 0.3) is 0 Å². The van der Waals surface area contributed by atoms with Crippen LogP contribution in [0, 0.1) is 0 Å². The van der Waals surface area contributed by atoms with E-state index >= 15 is 0 Å². The molecule has 0 atom stereocenters. The lowest BCUT2D eigenvalue weighted by Crippen LogP contribution is -2.28. The Kier molecular flexibility index (Phi) is 5.82. The van der Waals surface area contributed by atoms with Crippen LogP contribution in [0.25, 0.3) is 0 Å². The molecule has 2 aromatic rings. The van der Waals surface area contributed by atoms with Crippen LogP contribution in [0.1, 0.15) is 29.6 Å². The van der Waals surface area contributed by atoms with E-state index in [0.717, 1.165) is 41.9 Å². The second kappa shape index (κ2) is 8.07. The fourth-order valence-electron chi connectivity index (χ4n) is 2.77. The molecule has 0 unspecified atom stereocenters. The number of hydrogen-bond acceptors (Lipinski definition) is 8. The quantitative estimate of drug-likeness (QED) is 0.541. The van der Waals surface area contributed by atoms with Gasteiger partial charge in [-0.2, -0.15) is 4.98 Å². The summed E-state index contributed by atoms with van der Waals surface area (Å²) in [7, 11) is 0. The van der Waals surface area contributed by atoms with Crippen LogP contribution in [0.2, 0.25) is 0 Å².